The van der Waals surface area contributed by atoms with Crippen molar-refractivity contribution in [1.82, 2.24) is 0 Å². The Morgan fingerprint density at radius 2 is 2.06 bits per heavy atom. The fraction of sp³-hybridized carbons (Fsp3) is 0.500. The van der Waals surface area contributed by atoms with Gasteiger partial charge in [0.2, 0.25) is 0 Å². The van der Waals surface area contributed by atoms with Crippen molar-refractivity contribution < 1.29 is 9.84 Å². The zero-order valence-electron chi connectivity index (χ0n) is 10.1. The van der Waals surface area contributed by atoms with Crippen LogP contribution in [0.4, 0.5) is 0 Å². The van der Waals surface area contributed by atoms with E-state index in [1.807, 2.05) is 20.8 Å². The van der Waals surface area contributed by atoms with Crippen LogP contribution in [-0.2, 0) is 6.42 Å². The number of aromatic hydroxyl groups is 1. The molecule has 0 aliphatic heterocycles. The summed E-state index contributed by atoms with van der Waals surface area (Å²) in [5.41, 5.74) is 7.46. The van der Waals surface area contributed by atoms with Gasteiger partial charge in [0.1, 0.15) is 0 Å². The number of methoxy groups -OCH3 is 1. The minimum Gasteiger partial charge on any atom is -0.504 e. The molecule has 1 aromatic rings. The van der Waals surface area contributed by atoms with Gasteiger partial charge >= 0.3 is 0 Å². The lowest BCUT2D eigenvalue weighted by Gasteiger charge is -2.22. The van der Waals surface area contributed by atoms with Crippen molar-refractivity contribution in [3.05, 3.63) is 22.2 Å². The Labute approximate surface area is 101 Å². The van der Waals surface area contributed by atoms with Gasteiger partial charge in [-0.1, -0.05) is 11.6 Å². The number of hydrogen-bond acceptors (Lipinski definition) is 3. The maximum atomic E-state index is 9.65. The van der Waals surface area contributed by atoms with Gasteiger partial charge in [0.15, 0.2) is 11.5 Å². The van der Waals surface area contributed by atoms with E-state index in [1.54, 1.807) is 6.07 Å². The molecule has 3 nitrogen and oxygen atoms in total. The van der Waals surface area contributed by atoms with Crippen molar-refractivity contribution >= 4 is 11.6 Å². The normalized spacial score (nSPS) is 11.6. The molecule has 0 aliphatic carbocycles. The van der Waals surface area contributed by atoms with E-state index >= 15 is 0 Å². The molecule has 0 unspecified atom stereocenters. The molecule has 0 aromatic heterocycles. The molecular weight excluding hydrogens is 226 g/mol. The summed E-state index contributed by atoms with van der Waals surface area (Å²) in [4.78, 5) is 0. The van der Waals surface area contributed by atoms with Crippen molar-refractivity contribution in [1.29, 1.82) is 0 Å². The van der Waals surface area contributed by atoms with Gasteiger partial charge in [-0.2, -0.15) is 0 Å². The molecule has 90 valence electrons. The fourth-order valence-electron chi connectivity index (χ4n) is 1.65. The molecule has 0 saturated heterocycles. The predicted molar refractivity (Wildman–Crippen MR) is 66.4 cm³/mol. The van der Waals surface area contributed by atoms with Gasteiger partial charge in [0.25, 0.3) is 0 Å². The molecule has 0 amide bonds. The van der Waals surface area contributed by atoms with E-state index in [-0.39, 0.29) is 11.3 Å². The van der Waals surface area contributed by atoms with Crippen LogP contribution in [0.15, 0.2) is 6.07 Å². The van der Waals surface area contributed by atoms with Crippen molar-refractivity contribution in [2.45, 2.75) is 32.7 Å². The third-order valence-electron chi connectivity index (χ3n) is 2.36. The summed E-state index contributed by atoms with van der Waals surface area (Å²) in [6, 6.07) is 1.64. The molecule has 4 heteroatoms. The highest BCUT2D eigenvalue weighted by Crippen LogP contribution is 2.39. The first-order chi connectivity index (χ1) is 7.26. The maximum absolute atomic E-state index is 9.65. The molecule has 0 radical (unpaired) electrons. The fourth-order valence-corrected chi connectivity index (χ4v) is 2.04. The van der Waals surface area contributed by atoms with E-state index < -0.39 is 0 Å². The predicted octanol–water partition coefficient (Wildman–Crippen LogP) is 2.64. The molecule has 1 aromatic carbocycles. The van der Waals surface area contributed by atoms with E-state index in [2.05, 4.69) is 0 Å². The third kappa shape index (κ3) is 2.80. The van der Waals surface area contributed by atoms with E-state index in [0.29, 0.717) is 17.2 Å². The van der Waals surface area contributed by atoms with Crippen LogP contribution in [0.3, 0.4) is 0 Å². The number of rotatable bonds is 3. The number of ether oxygens (including phenoxy) is 1. The summed E-state index contributed by atoms with van der Waals surface area (Å²) in [5, 5.41) is 10.1. The first-order valence-electron chi connectivity index (χ1n) is 5.10. The van der Waals surface area contributed by atoms with Crippen LogP contribution in [0.25, 0.3) is 0 Å². The Bertz CT molecular complexity index is 397. The molecule has 0 aliphatic rings. The maximum Gasteiger partial charge on any atom is 0.179 e. The van der Waals surface area contributed by atoms with Crippen LogP contribution in [0, 0.1) is 6.92 Å². The summed E-state index contributed by atoms with van der Waals surface area (Å²) in [6.45, 7) is 5.76. The zero-order valence-corrected chi connectivity index (χ0v) is 10.9. The van der Waals surface area contributed by atoms with Crippen LogP contribution in [0.5, 0.6) is 11.5 Å². The summed E-state index contributed by atoms with van der Waals surface area (Å²) < 4.78 is 5.06. The number of halogens is 1. The van der Waals surface area contributed by atoms with Crippen LogP contribution in [0.1, 0.15) is 25.0 Å². The SMILES string of the molecule is COc1c(O)cc(C)c(CC(C)(C)N)c1Cl. The number of phenols is 1. The highest BCUT2D eigenvalue weighted by atomic mass is 35.5. The van der Waals surface area contributed by atoms with Gasteiger partial charge in [0.05, 0.1) is 12.1 Å². The van der Waals surface area contributed by atoms with E-state index in [4.69, 9.17) is 22.1 Å². The number of benzene rings is 1. The zero-order chi connectivity index (χ0) is 12.5. The Hall–Kier alpha value is -0.930. The lowest BCUT2D eigenvalue weighted by Crippen LogP contribution is -2.34. The number of phenolic OH excluding ortho intramolecular Hbond substituents is 1. The van der Waals surface area contributed by atoms with Gasteiger partial charge in [-0.3, -0.25) is 0 Å². The Morgan fingerprint density at radius 3 is 2.50 bits per heavy atom. The molecule has 0 bridgehead atoms. The van der Waals surface area contributed by atoms with Gasteiger partial charge in [0, 0.05) is 5.54 Å². The topological polar surface area (TPSA) is 55.5 Å². The lowest BCUT2D eigenvalue weighted by molar-refractivity contribution is 0.372. The Balaban J connectivity index is 3.28. The number of nitrogens with two attached hydrogens (primary N) is 1. The number of aryl methyl sites for hydroxylation is 1. The second kappa shape index (κ2) is 4.52. The van der Waals surface area contributed by atoms with E-state index in [0.717, 1.165) is 11.1 Å². The molecule has 0 spiro atoms. The Kier molecular flexibility index (Phi) is 3.71. The molecule has 0 atom stereocenters. The standard InChI is InChI=1S/C12H18ClNO2/c1-7-5-9(15)11(16-4)10(13)8(7)6-12(2,3)14/h5,15H,6,14H2,1-4H3. The van der Waals surface area contributed by atoms with Gasteiger partial charge in [-0.05, 0) is 44.4 Å². The molecular formula is C12H18ClNO2. The van der Waals surface area contributed by atoms with Gasteiger partial charge < -0.3 is 15.6 Å². The molecule has 1 rings (SSSR count). The molecule has 0 heterocycles. The smallest absolute Gasteiger partial charge is 0.179 e. The van der Waals surface area contributed by atoms with Crippen LogP contribution < -0.4 is 10.5 Å². The van der Waals surface area contributed by atoms with Crippen LogP contribution in [-0.4, -0.2) is 17.8 Å². The van der Waals surface area contributed by atoms with Crippen molar-refractivity contribution in [2.75, 3.05) is 7.11 Å². The highest BCUT2D eigenvalue weighted by molar-refractivity contribution is 6.33. The monoisotopic (exact) mass is 243 g/mol. The van der Waals surface area contributed by atoms with Gasteiger partial charge in [-0.15, -0.1) is 0 Å². The lowest BCUT2D eigenvalue weighted by atomic mass is 9.93. The van der Waals surface area contributed by atoms with Crippen LogP contribution in [0.2, 0.25) is 5.02 Å². The highest BCUT2D eigenvalue weighted by Gasteiger charge is 2.20. The third-order valence-corrected chi connectivity index (χ3v) is 2.76. The van der Waals surface area contributed by atoms with E-state index in [1.165, 1.54) is 7.11 Å². The van der Waals surface area contributed by atoms with Crippen molar-refractivity contribution in [3.63, 3.8) is 0 Å². The van der Waals surface area contributed by atoms with Crippen molar-refractivity contribution in [2.24, 2.45) is 5.73 Å². The first-order valence-corrected chi connectivity index (χ1v) is 5.48. The van der Waals surface area contributed by atoms with Crippen LogP contribution >= 0.6 is 11.6 Å². The molecule has 16 heavy (non-hydrogen) atoms. The largest absolute Gasteiger partial charge is 0.504 e. The Morgan fingerprint density at radius 1 is 1.50 bits per heavy atom. The summed E-state index contributed by atoms with van der Waals surface area (Å²) >= 11 is 6.18. The number of hydrogen-bond donors (Lipinski definition) is 2. The van der Waals surface area contributed by atoms with Crippen molar-refractivity contribution in [3.8, 4) is 11.5 Å². The summed E-state index contributed by atoms with van der Waals surface area (Å²) in [6.07, 6.45) is 0.633. The molecule has 3 N–H and O–H groups in total. The van der Waals surface area contributed by atoms with Gasteiger partial charge in [-0.25, -0.2) is 0 Å². The molecule has 0 fully saturated rings. The average Bonchev–Trinajstić information content (AvgIpc) is 2.11. The second-order valence-electron chi connectivity index (χ2n) is 4.70. The summed E-state index contributed by atoms with van der Waals surface area (Å²) in [7, 11) is 1.48. The summed E-state index contributed by atoms with van der Waals surface area (Å²) in [5.74, 6) is 0.370. The minimum atomic E-state index is -0.351. The van der Waals surface area contributed by atoms with E-state index in [9.17, 15) is 5.11 Å². The molecule has 0 saturated carbocycles. The second-order valence-corrected chi connectivity index (χ2v) is 5.08. The first kappa shape index (κ1) is 13.1. The average molecular weight is 244 g/mol. The quantitative estimate of drug-likeness (QED) is 0.858. The minimum absolute atomic E-state index is 0.0589.